The van der Waals surface area contributed by atoms with Gasteiger partial charge in [0, 0.05) is 35.7 Å². The normalized spacial score (nSPS) is 15.8. The number of ether oxygens (including phenoxy) is 1. The summed E-state index contributed by atoms with van der Waals surface area (Å²) in [7, 11) is 1.31. The van der Waals surface area contributed by atoms with Gasteiger partial charge in [-0.15, -0.1) is 0 Å². The lowest BCUT2D eigenvalue weighted by Crippen LogP contribution is -2.43. The van der Waals surface area contributed by atoms with Crippen LogP contribution in [0.1, 0.15) is 37.8 Å². The molecule has 0 aliphatic carbocycles. The molecule has 0 aromatic heterocycles. The van der Waals surface area contributed by atoms with Gasteiger partial charge in [0.25, 0.3) is 5.91 Å². The van der Waals surface area contributed by atoms with E-state index in [1.54, 1.807) is 41.3 Å². The average Bonchev–Trinajstić information content (AvgIpc) is 2.93. The Hall–Kier alpha value is -2.77. The number of halogens is 2. The van der Waals surface area contributed by atoms with Gasteiger partial charge in [-0.05, 0) is 49.8 Å². The van der Waals surface area contributed by atoms with Crippen LogP contribution in [0.3, 0.4) is 0 Å². The number of likely N-dealkylation sites (N-methyl/N-ethyl adjacent to an activating group) is 1. The smallest absolute Gasteiger partial charge is 0.305 e. The number of esters is 1. The molecule has 8 heteroatoms. The van der Waals surface area contributed by atoms with Crippen molar-refractivity contribution in [2.24, 2.45) is 4.99 Å². The van der Waals surface area contributed by atoms with E-state index in [1.165, 1.54) is 13.2 Å². The van der Waals surface area contributed by atoms with Crippen molar-refractivity contribution in [1.82, 2.24) is 4.90 Å². The SMILES string of the molecule is CCN(CC)CCN1C(=O)[C@H](CCC(=O)OC)N=C(c2ccccc2F)c2cc(Cl)ccc21. The van der Waals surface area contributed by atoms with Crippen molar-refractivity contribution in [1.29, 1.82) is 0 Å². The number of fused-ring (bicyclic) bond motifs is 1. The Morgan fingerprint density at radius 3 is 2.58 bits per heavy atom. The van der Waals surface area contributed by atoms with Crippen LogP contribution in [0.15, 0.2) is 47.5 Å². The zero-order chi connectivity index (χ0) is 24.0. The zero-order valence-electron chi connectivity index (χ0n) is 19.2. The summed E-state index contributed by atoms with van der Waals surface area (Å²) in [6.07, 6.45) is 0.189. The third-order valence-electron chi connectivity index (χ3n) is 5.85. The zero-order valence-corrected chi connectivity index (χ0v) is 19.9. The summed E-state index contributed by atoms with van der Waals surface area (Å²) in [6, 6.07) is 10.7. The molecule has 6 nitrogen and oxygen atoms in total. The number of amides is 1. The highest BCUT2D eigenvalue weighted by Gasteiger charge is 2.33. The molecular formula is C25H29ClFN3O3. The number of carbonyl (C=O) groups is 2. The van der Waals surface area contributed by atoms with Crippen LogP contribution in [-0.4, -0.2) is 61.8 Å². The van der Waals surface area contributed by atoms with Gasteiger partial charge in [0.1, 0.15) is 11.9 Å². The van der Waals surface area contributed by atoms with Crippen LogP contribution in [0.5, 0.6) is 0 Å². The first-order chi connectivity index (χ1) is 15.9. The number of hydrogen-bond acceptors (Lipinski definition) is 5. The Morgan fingerprint density at radius 1 is 1.18 bits per heavy atom. The molecule has 0 N–H and O–H groups in total. The van der Waals surface area contributed by atoms with E-state index >= 15 is 0 Å². The highest BCUT2D eigenvalue weighted by Crippen LogP contribution is 2.32. The van der Waals surface area contributed by atoms with Crippen molar-refractivity contribution < 1.29 is 18.7 Å². The third-order valence-corrected chi connectivity index (χ3v) is 6.09. The first kappa shape index (κ1) is 24.9. The molecule has 3 rings (SSSR count). The van der Waals surface area contributed by atoms with E-state index in [1.807, 2.05) is 0 Å². The summed E-state index contributed by atoms with van der Waals surface area (Å²) < 4.78 is 19.6. The molecule has 0 saturated heterocycles. The Kier molecular flexibility index (Phi) is 8.58. The lowest BCUT2D eigenvalue weighted by molar-refractivity contribution is -0.140. The molecule has 0 fully saturated rings. The van der Waals surface area contributed by atoms with E-state index in [0.29, 0.717) is 35.1 Å². The summed E-state index contributed by atoms with van der Waals surface area (Å²) in [5, 5.41) is 0.460. The van der Waals surface area contributed by atoms with E-state index in [9.17, 15) is 14.0 Å². The monoisotopic (exact) mass is 473 g/mol. The highest BCUT2D eigenvalue weighted by atomic mass is 35.5. The molecule has 1 heterocycles. The van der Waals surface area contributed by atoms with Crippen LogP contribution in [0, 0.1) is 5.82 Å². The van der Waals surface area contributed by atoms with E-state index < -0.39 is 17.8 Å². The highest BCUT2D eigenvalue weighted by molar-refractivity contribution is 6.32. The van der Waals surface area contributed by atoms with Gasteiger partial charge in [-0.3, -0.25) is 14.6 Å². The average molecular weight is 474 g/mol. The van der Waals surface area contributed by atoms with Crippen molar-refractivity contribution >= 4 is 34.9 Å². The second-order valence-corrected chi connectivity index (χ2v) is 8.20. The Morgan fingerprint density at radius 2 is 1.91 bits per heavy atom. The fourth-order valence-corrected chi connectivity index (χ4v) is 4.11. The molecule has 0 spiro atoms. The lowest BCUT2D eigenvalue weighted by atomic mass is 9.99. The minimum atomic E-state index is -0.860. The van der Waals surface area contributed by atoms with Crippen molar-refractivity contribution in [2.45, 2.75) is 32.7 Å². The predicted molar refractivity (Wildman–Crippen MR) is 129 cm³/mol. The minimum absolute atomic E-state index is 0.0297. The van der Waals surface area contributed by atoms with Gasteiger partial charge in [-0.25, -0.2) is 4.39 Å². The number of aliphatic imine (C=N–C) groups is 1. The standard InChI is InChI=1S/C25H29ClFN3O3/c1-4-29(5-2)14-15-30-22-12-10-17(26)16-19(22)24(18-8-6-7-9-20(18)27)28-21(25(30)32)11-13-23(31)33-3/h6-10,12,16,21H,4-5,11,13-15H2,1-3H3/t21-/m0/s1. The summed E-state index contributed by atoms with van der Waals surface area (Å²) in [5.41, 5.74) is 1.84. The molecule has 1 amide bonds. The number of carbonyl (C=O) groups excluding carboxylic acids is 2. The molecule has 33 heavy (non-hydrogen) atoms. The second-order valence-electron chi connectivity index (χ2n) is 7.77. The molecule has 176 valence electrons. The molecule has 1 aliphatic rings. The largest absolute Gasteiger partial charge is 0.469 e. The number of rotatable bonds is 9. The van der Waals surface area contributed by atoms with Gasteiger partial charge in [-0.2, -0.15) is 0 Å². The summed E-state index contributed by atoms with van der Waals surface area (Å²) in [5.74, 6) is -1.11. The summed E-state index contributed by atoms with van der Waals surface area (Å²) >= 11 is 6.32. The number of hydrogen-bond donors (Lipinski definition) is 0. The Bertz CT molecular complexity index is 1040. The van der Waals surface area contributed by atoms with Gasteiger partial charge in [-0.1, -0.05) is 37.6 Å². The van der Waals surface area contributed by atoms with Crippen molar-refractivity contribution in [2.75, 3.05) is 38.2 Å². The van der Waals surface area contributed by atoms with Gasteiger partial charge in [0.05, 0.1) is 18.5 Å². The van der Waals surface area contributed by atoms with Gasteiger partial charge in [0.2, 0.25) is 0 Å². The topological polar surface area (TPSA) is 62.2 Å². The van der Waals surface area contributed by atoms with E-state index in [0.717, 1.165) is 13.1 Å². The van der Waals surface area contributed by atoms with Gasteiger partial charge >= 0.3 is 5.97 Å². The van der Waals surface area contributed by atoms with E-state index in [-0.39, 0.29) is 24.3 Å². The maximum Gasteiger partial charge on any atom is 0.305 e. The van der Waals surface area contributed by atoms with Crippen LogP contribution in [0.25, 0.3) is 0 Å². The van der Waals surface area contributed by atoms with E-state index in [2.05, 4.69) is 18.7 Å². The Balaban J connectivity index is 2.13. The third kappa shape index (κ3) is 5.78. The fourth-order valence-electron chi connectivity index (χ4n) is 3.94. The van der Waals surface area contributed by atoms with Crippen LogP contribution >= 0.6 is 11.6 Å². The van der Waals surface area contributed by atoms with Crippen molar-refractivity contribution in [3.05, 3.63) is 64.4 Å². The molecule has 1 aliphatic heterocycles. The van der Waals surface area contributed by atoms with E-state index in [4.69, 9.17) is 21.3 Å². The van der Waals surface area contributed by atoms with Crippen LogP contribution in [-0.2, 0) is 14.3 Å². The van der Waals surface area contributed by atoms with Crippen LogP contribution in [0.4, 0.5) is 10.1 Å². The van der Waals surface area contributed by atoms with Gasteiger partial charge < -0.3 is 14.5 Å². The fraction of sp³-hybridized carbons (Fsp3) is 0.400. The molecule has 0 unspecified atom stereocenters. The maximum atomic E-state index is 14.8. The maximum absolute atomic E-state index is 14.8. The van der Waals surface area contributed by atoms with Crippen LogP contribution < -0.4 is 4.90 Å². The predicted octanol–water partition coefficient (Wildman–Crippen LogP) is 4.33. The lowest BCUT2D eigenvalue weighted by Gasteiger charge is -2.28. The van der Waals surface area contributed by atoms with Crippen molar-refractivity contribution in [3.8, 4) is 0 Å². The molecular weight excluding hydrogens is 445 g/mol. The number of benzodiazepines with no additional fused rings is 1. The molecule has 0 bridgehead atoms. The summed E-state index contributed by atoms with van der Waals surface area (Å²) in [4.78, 5) is 34.1. The molecule has 2 aromatic carbocycles. The number of methoxy groups -OCH3 is 1. The second kappa shape index (κ2) is 11.4. The number of anilines is 1. The first-order valence-electron chi connectivity index (χ1n) is 11.1. The number of nitrogens with zero attached hydrogens (tertiary/aromatic N) is 3. The first-order valence-corrected chi connectivity index (χ1v) is 11.5. The molecule has 2 aromatic rings. The quantitative estimate of drug-likeness (QED) is 0.509. The van der Waals surface area contributed by atoms with Crippen molar-refractivity contribution in [3.63, 3.8) is 0 Å². The Labute approximate surface area is 199 Å². The molecule has 0 radical (unpaired) electrons. The van der Waals surface area contributed by atoms with Crippen LogP contribution in [0.2, 0.25) is 5.02 Å². The molecule has 0 saturated carbocycles. The summed E-state index contributed by atoms with van der Waals surface area (Å²) in [6.45, 7) is 6.95. The number of benzene rings is 2. The minimum Gasteiger partial charge on any atom is -0.469 e. The van der Waals surface area contributed by atoms with Gasteiger partial charge in [0.15, 0.2) is 0 Å². The molecule has 1 atom stereocenters.